The second-order valence-electron chi connectivity index (χ2n) is 4.05. The molecule has 1 aromatic carbocycles. The number of hydrogen-bond donors (Lipinski definition) is 0. The quantitative estimate of drug-likeness (QED) is 0.710. The lowest BCUT2D eigenvalue weighted by molar-refractivity contribution is 0.0926. The van der Waals surface area contributed by atoms with Crippen LogP contribution in [-0.4, -0.2) is 12.9 Å². The number of ketones is 1. The fraction of sp³-hybridized carbons (Fsp3) is 0.500. The van der Waals surface area contributed by atoms with Crippen molar-refractivity contribution in [3.8, 4) is 5.75 Å². The molecular weight excluding hydrogens is 200 g/mol. The molecule has 1 rings (SSSR count). The van der Waals surface area contributed by atoms with Crippen LogP contribution in [0.5, 0.6) is 5.75 Å². The Morgan fingerprint density at radius 3 is 2.56 bits per heavy atom. The molecule has 0 N–H and O–H groups in total. The van der Waals surface area contributed by atoms with E-state index in [4.69, 9.17) is 4.74 Å². The van der Waals surface area contributed by atoms with Gasteiger partial charge in [0, 0.05) is 11.5 Å². The molecule has 88 valence electrons. The van der Waals surface area contributed by atoms with Crippen LogP contribution >= 0.6 is 0 Å². The van der Waals surface area contributed by atoms with E-state index in [1.807, 2.05) is 32.0 Å². The maximum atomic E-state index is 12.1. The van der Waals surface area contributed by atoms with E-state index in [1.54, 1.807) is 7.11 Å². The van der Waals surface area contributed by atoms with Crippen molar-refractivity contribution in [2.75, 3.05) is 7.11 Å². The van der Waals surface area contributed by atoms with E-state index in [1.165, 1.54) is 0 Å². The minimum absolute atomic E-state index is 0.0960. The van der Waals surface area contributed by atoms with Crippen LogP contribution in [0, 0.1) is 5.92 Å². The number of benzene rings is 1. The number of methoxy groups -OCH3 is 1. The predicted octanol–water partition coefficient (Wildman–Crippen LogP) is 3.49. The molecule has 0 spiro atoms. The molecule has 0 aliphatic rings. The van der Waals surface area contributed by atoms with E-state index >= 15 is 0 Å². The third-order valence-electron chi connectivity index (χ3n) is 3.02. The van der Waals surface area contributed by atoms with Crippen LogP contribution < -0.4 is 4.74 Å². The van der Waals surface area contributed by atoms with E-state index in [9.17, 15) is 4.79 Å². The molecule has 16 heavy (non-hydrogen) atoms. The first kappa shape index (κ1) is 12.8. The van der Waals surface area contributed by atoms with Gasteiger partial charge in [-0.25, -0.2) is 0 Å². The zero-order chi connectivity index (χ0) is 12.1. The van der Waals surface area contributed by atoms with Crippen molar-refractivity contribution in [2.24, 2.45) is 5.92 Å². The van der Waals surface area contributed by atoms with Crippen molar-refractivity contribution in [1.82, 2.24) is 0 Å². The number of Topliss-reactive ketones (excluding diaryl/α,β-unsaturated/α-hetero) is 1. The van der Waals surface area contributed by atoms with Crippen LogP contribution in [0.1, 0.15) is 43.1 Å². The minimum Gasteiger partial charge on any atom is -0.497 e. The number of hydrogen-bond acceptors (Lipinski definition) is 2. The van der Waals surface area contributed by atoms with E-state index in [2.05, 4.69) is 6.92 Å². The van der Waals surface area contributed by atoms with Crippen molar-refractivity contribution in [2.45, 2.75) is 33.6 Å². The normalized spacial score (nSPS) is 12.2. The summed E-state index contributed by atoms with van der Waals surface area (Å²) in [6, 6.07) is 5.69. The van der Waals surface area contributed by atoms with Crippen molar-refractivity contribution >= 4 is 5.78 Å². The number of carbonyl (C=O) groups is 1. The zero-order valence-electron chi connectivity index (χ0n) is 10.5. The van der Waals surface area contributed by atoms with Crippen LogP contribution in [0.25, 0.3) is 0 Å². The van der Waals surface area contributed by atoms with Gasteiger partial charge in [-0.15, -0.1) is 0 Å². The Kier molecular flexibility index (Phi) is 4.53. The van der Waals surface area contributed by atoms with Crippen molar-refractivity contribution in [3.05, 3.63) is 29.3 Å². The first-order chi connectivity index (χ1) is 7.63. The molecule has 0 fully saturated rings. The monoisotopic (exact) mass is 220 g/mol. The SMILES string of the molecule is CCc1cc(OC)ccc1C(=O)C(C)CC. The molecule has 0 amide bonds. The molecule has 2 heteroatoms. The molecule has 0 aliphatic carbocycles. The van der Waals surface area contributed by atoms with Gasteiger partial charge >= 0.3 is 0 Å². The molecule has 0 radical (unpaired) electrons. The third-order valence-corrected chi connectivity index (χ3v) is 3.02. The van der Waals surface area contributed by atoms with Gasteiger partial charge in [-0.3, -0.25) is 4.79 Å². The largest absolute Gasteiger partial charge is 0.497 e. The molecule has 1 unspecified atom stereocenters. The van der Waals surface area contributed by atoms with Crippen molar-refractivity contribution in [3.63, 3.8) is 0 Å². The van der Waals surface area contributed by atoms with Gasteiger partial charge in [0.05, 0.1) is 7.11 Å². The fourth-order valence-corrected chi connectivity index (χ4v) is 1.68. The highest BCUT2D eigenvalue weighted by Gasteiger charge is 2.16. The highest BCUT2D eigenvalue weighted by molar-refractivity contribution is 5.99. The van der Waals surface area contributed by atoms with Crippen LogP contribution in [0.2, 0.25) is 0 Å². The second-order valence-corrected chi connectivity index (χ2v) is 4.05. The Bertz CT molecular complexity index is 369. The smallest absolute Gasteiger partial charge is 0.165 e. The number of aryl methyl sites for hydroxylation is 1. The average molecular weight is 220 g/mol. The predicted molar refractivity (Wildman–Crippen MR) is 66.2 cm³/mol. The lowest BCUT2D eigenvalue weighted by Gasteiger charge is -2.12. The standard InChI is InChI=1S/C14H20O2/c1-5-10(3)14(15)13-8-7-12(16-4)9-11(13)6-2/h7-10H,5-6H2,1-4H3. The molecule has 0 aliphatic heterocycles. The summed E-state index contributed by atoms with van der Waals surface area (Å²) >= 11 is 0. The van der Waals surface area contributed by atoms with Gasteiger partial charge in [0.2, 0.25) is 0 Å². The number of rotatable bonds is 5. The maximum Gasteiger partial charge on any atom is 0.165 e. The summed E-state index contributed by atoms with van der Waals surface area (Å²) in [5.74, 6) is 1.15. The first-order valence-electron chi connectivity index (χ1n) is 5.85. The van der Waals surface area contributed by atoms with Crippen LogP contribution in [0.15, 0.2) is 18.2 Å². The number of ether oxygens (including phenoxy) is 1. The Hall–Kier alpha value is -1.31. The third kappa shape index (κ3) is 2.63. The molecule has 1 atom stereocenters. The van der Waals surface area contributed by atoms with Crippen LogP contribution in [0.3, 0.4) is 0 Å². The van der Waals surface area contributed by atoms with Gasteiger partial charge in [-0.1, -0.05) is 20.8 Å². The summed E-state index contributed by atoms with van der Waals surface area (Å²) in [5.41, 5.74) is 1.92. The summed E-state index contributed by atoms with van der Waals surface area (Å²) in [7, 11) is 1.64. The number of carbonyl (C=O) groups excluding carboxylic acids is 1. The van der Waals surface area contributed by atoms with E-state index in [0.29, 0.717) is 0 Å². The lowest BCUT2D eigenvalue weighted by atomic mass is 9.92. The lowest BCUT2D eigenvalue weighted by Crippen LogP contribution is -2.12. The molecule has 0 heterocycles. The first-order valence-corrected chi connectivity index (χ1v) is 5.85. The molecule has 0 saturated heterocycles. The summed E-state index contributed by atoms with van der Waals surface area (Å²) in [6.45, 7) is 6.08. The van der Waals surface area contributed by atoms with E-state index in [0.717, 1.165) is 29.7 Å². The fourth-order valence-electron chi connectivity index (χ4n) is 1.68. The van der Waals surface area contributed by atoms with E-state index < -0.39 is 0 Å². The van der Waals surface area contributed by atoms with Crippen LogP contribution in [-0.2, 0) is 6.42 Å². The minimum atomic E-state index is 0.0960. The van der Waals surface area contributed by atoms with Gasteiger partial charge in [0.1, 0.15) is 5.75 Å². The molecule has 0 aromatic heterocycles. The van der Waals surface area contributed by atoms with Gasteiger partial charge in [0.15, 0.2) is 5.78 Å². The molecule has 0 bridgehead atoms. The average Bonchev–Trinajstić information content (AvgIpc) is 2.35. The molecule has 0 saturated carbocycles. The van der Waals surface area contributed by atoms with Gasteiger partial charge in [-0.05, 0) is 36.6 Å². The second kappa shape index (κ2) is 5.69. The Labute approximate surface area is 97.6 Å². The van der Waals surface area contributed by atoms with Crippen molar-refractivity contribution < 1.29 is 9.53 Å². The highest BCUT2D eigenvalue weighted by Crippen LogP contribution is 2.21. The summed E-state index contributed by atoms with van der Waals surface area (Å²) < 4.78 is 5.17. The molecule has 1 aromatic rings. The maximum absolute atomic E-state index is 12.1. The van der Waals surface area contributed by atoms with Crippen LogP contribution in [0.4, 0.5) is 0 Å². The van der Waals surface area contributed by atoms with Gasteiger partial charge < -0.3 is 4.74 Å². The summed E-state index contributed by atoms with van der Waals surface area (Å²) in [6.07, 6.45) is 1.74. The topological polar surface area (TPSA) is 26.3 Å². The Morgan fingerprint density at radius 1 is 1.38 bits per heavy atom. The summed E-state index contributed by atoms with van der Waals surface area (Å²) in [5, 5.41) is 0. The highest BCUT2D eigenvalue weighted by atomic mass is 16.5. The molecular formula is C14H20O2. The molecule has 2 nitrogen and oxygen atoms in total. The summed E-state index contributed by atoms with van der Waals surface area (Å²) in [4.78, 5) is 12.1. The van der Waals surface area contributed by atoms with E-state index in [-0.39, 0.29) is 11.7 Å². The van der Waals surface area contributed by atoms with Gasteiger partial charge in [-0.2, -0.15) is 0 Å². The zero-order valence-corrected chi connectivity index (χ0v) is 10.5. The Balaban J connectivity index is 3.08. The van der Waals surface area contributed by atoms with Crippen molar-refractivity contribution in [1.29, 1.82) is 0 Å². The Morgan fingerprint density at radius 2 is 2.06 bits per heavy atom. The van der Waals surface area contributed by atoms with Gasteiger partial charge in [0.25, 0.3) is 0 Å².